The fraction of sp³-hybridized carbons (Fsp3) is 1.00. The molecule has 0 saturated carbocycles. The van der Waals surface area contributed by atoms with Gasteiger partial charge in [-0.25, -0.2) is 0 Å². The average molecular weight is 288 g/mol. The van der Waals surface area contributed by atoms with Gasteiger partial charge in [-0.15, -0.1) is 0 Å². The van der Waals surface area contributed by atoms with E-state index in [1.165, 1.54) is 19.3 Å². The summed E-state index contributed by atoms with van der Waals surface area (Å²) >= 11 is 0. The molecule has 0 amide bonds. The third kappa shape index (κ3) is 15.2. The van der Waals surface area contributed by atoms with Crippen LogP contribution < -0.4 is 34.5 Å². The van der Waals surface area contributed by atoms with E-state index in [0.717, 1.165) is 32.1 Å². The van der Waals surface area contributed by atoms with Crippen molar-refractivity contribution >= 4 is 7.82 Å². The summed E-state index contributed by atoms with van der Waals surface area (Å²) in [5.74, 6) is 0. The molecule has 0 radical (unpaired) electrons. The maximum atomic E-state index is 11.2. The minimum absolute atomic E-state index is 0. The van der Waals surface area contributed by atoms with Gasteiger partial charge in [0.25, 0.3) is 7.82 Å². The molecule has 0 fully saturated rings. The van der Waals surface area contributed by atoms with E-state index in [1.807, 2.05) is 6.92 Å². The van der Waals surface area contributed by atoms with Crippen molar-refractivity contribution in [3.05, 3.63) is 0 Å². The van der Waals surface area contributed by atoms with Crippen LogP contribution in [-0.4, -0.2) is 13.2 Å². The number of hydrogen-bond donors (Lipinski definition) is 0. The summed E-state index contributed by atoms with van der Waals surface area (Å²) in [4.78, 5) is 11.2. The third-order valence-electron chi connectivity index (χ3n) is 2.49. The summed E-state index contributed by atoms with van der Waals surface area (Å²) in [6.07, 6.45) is 8.31. The Bertz CT molecular complexity index is 214. The topological polar surface area (TPSA) is 58.6 Å². The monoisotopic (exact) mass is 288 g/mol. The van der Waals surface area contributed by atoms with Crippen molar-refractivity contribution in [3.8, 4) is 0 Å². The Labute approximate surface area is 134 Å². The molecule has 0 rings (SSSR count). The maximum absolute atomic E-state index is 11.2. The molecular weight excluding hydrogens is 262 g/mol. The Morgan fingerprint density at radius 2 is 1.28 bits per heavy atom. The number of phosphoric acid groups is 1. The van der Waals surface area contributed by atoms with Crippen LogP contribution in [0.4, 0.5) is 0 Å². The predicted molar refractivity (Wildman–Crippen MR) is 67.8 cm³/mol. The molecule has 18 heavy (non-hydrogen) atoms. The molecule has 0 aliphatic heterocycles. The molecule has 0 bridgehead atoms. The molecule has 1 atom stereocenters. The Balaban J connectivity index is 0. The van der Waals surface area contributed by atoms with Crippen LogP contribution in [-0.2, 0) is 13.6 Å². The summed E-state index contributed by atoms with van der Waals surface area (Å²) in [7, 11) is -4.03. The van der Waals surface area contributed by atoms with Gasteiger partial charge in [0.15, 0.2) is 0 Å². The maximum Gasteiger partial charge on any atom is 1.00 e. The molecule has 0 aromatic rings. The average Bonchev–Trinajstić information content (AvgIpc) is 2.28. The van der Waals surface area contributed by atoms with E-state index < -0.39 is 7.82 Å². The van der Waals surface area contributed by atoms with E-state index in [0.29, 0.717) is 0 Å². The molecule has 0 aromatic carbocycles. The standard InChI is InChI=1S/C12H27O4P.Na/c1-3-5-7-8-9-10-12-16-17(13,14)15-11-6-4-2;/h3-12H2,1-2H3,(H,13,14);/q;+1/p-1. The van der Waals surface area contributed by atoms with Crippen molar-refractivity contribution in [3.63, 3.8) is 0 Å². The van der Waals surface area contributed by atoms with Crippen LogP contribution >= 0.6 is 7.82 Å². The first-order valence-corrected chi connectivity index (χ1v) is 8.18. The van der Waals surface area contributed by atoms with Gasteiger partial charge >= 0.3 is 29.6 Å². The second kappa shape index (κ2) is 14.5. The normalized spacial score (nSPS) is 13.9. The Morgan fingerprint density at radius 3 is 1.83 bits per heavy atom. The van der Waals surface area contributed by atoms with Crippen molar-refractivity contribution in [1.82, 2.24) is 0 Å². The van der Waals surface area contributed by atoms with Gasteiger partial charge in [-0.1, -0.05) is 52.4 Å². The van der Waals surface area contributed by atoms with E-state index in [9.17, 15) is 9.46 Å². The van der Waals surface area contributed by atoms with Crippen LogP contribution in [0.2, 0.25) is 0 Å². The van der Waals surface area contributed by atoms with Gasteiger partial charge in [-0.3, -0.25) is 4.57 Å². The quantitative estimate of drug-likeness (QED) is 0.301. The van der Waals surface area contributed by atoms with Crippen LogP contribution in [0.3, 0.4) is 0 Å². The molecule has 1 unspecified atom stereocenters. The van der Waals surface area contributed by atoms with Gasteiger partial charge < -0.3 is 13.9 Å². The first-order chi connectivity index (χ1) is 8.12. The molecule has 0 aliphatic carbocycles. The van der Waals surface area contributed by atoms with E-state index in [4.69, 9.17) is 9.05 Å². The van der Waals surface area contributed by atoms with Crippen LogP contribution in [0.5, 0.6) is 0 Å². The van der Waals surface area contributed by atoms with Gasteiger partial charge in [0, 0.05) is 0 Å². The van der Waals surface area contributed by atoms with Crippen LogP contribution in [0.15, 0.2) is 0 Å². The Hall–Kier alpha value is 1.11. The fourth-order valence-electron chi connectivity index (χ4n) is 1.42. The van der Waals surface area contributed by atoms with Gasteiger partial charge in [-0.05, 0) is 12.8 Å². The molecule has 0 heterocycles. The molecule has 0 aliphatic rings. The van der Waals surface area contributed by atoms with Gasteiger partial charge in [-0.2, -0.15) is 0 Å². The van der Waals surface area contributed by atoms with Crippen molar-refractivity contribution in [2.24, 2.45) is 0 Å². The Kier molecular flexibility index (Phi) is 17.3. The zero-order valence-corrected chi connectivity index (χ0v) is 15.0. The molecule has 4 nitrogen and oxygen atoms in total. The first-order valence-electron chi connectivity index (χ1n) is 6.72. The fourth-order valence-corrected chi connectivity index (χ4v) is 2.20. The second-order valence-corrected chi connectivity index (χ2v) is 5.65. The van der Waals surface area contributed by atoms with Crippen LogP contribution in [0.25, 0.3) is 0 Å². The number of hydrogen-bond acceptors (Lipinski definition) is 4. The molecule has 0 N–H and O–H groups in total. The SMILES string of the molecule is CCCCCCCCOP(=O)([O-])OCCCC.[Na+]. The largest absolute Gasteiger partial charge is 1.00 e. The van der Waals surface area contributed by atoms with E-state index in [1.54, 1.807) is 0 Å². The van der Waals surface area contributed by atoms with E-state index >= 15 is 0 Å². The van der Waals surface area contributed by atoms with Crippen molar-refractivity contribution in [1.29, 1.82) is 0 Å². The zero-order valence-electron chi connectivity index (χ0n) is 12.2. The summed E-state index contributed by atoms with van der Waals surface area (Å²) < 4.78 is 20.7. The third-order valence-corrected chi connectivity index (χ3v) is 3.49. The summed E-state index contributed by atoms with van der Waals surface area (Å²) in [6, 6.07) is 0. The zero-order chi connectivity index (χ0) is 13.0. The smallest absolute Gasteiger partial charge is 0.756 e. The molecule has 6 heteroatoms. The Morgan fingerprint density at radius 1 is 0.833 bits per heavy atom. The number of phosphoric ester groups is 1. The van der Waals surface area contributed by atoms with Crippen LogP contribution in [0.1, 0.15) is 65.2 Å². The number of rotatable bonds is 12. The van der Waals surface area contributed by atoms with Crippen molar-refractivity contribution < 1.29 is 48.1 Å². The minimum atomic E-state index is -4.03. The molecular formula is C12H26NaO4P. The van der Waals surface area contributed by atoms with Crippen molar-refractivity contribution in [2.45, 2.75) is 65.2 Å². The summed E-state index contributed by atoms with van der Waals surface area (Å²) in [5, 5.41) is 0. The van der Waals surface area contributed by atoms with Crippen molar-refractivity contribution in [2.75, 3.05) is 13.2 Å². The minimum Gasteiger partial charge on any atom is -0.756 e. The van der Waals surface area contributed by atoms with Gasteiger partial charge in [0.05, 0.1) is 13.2 Å². The molecule has 0 aromatic heterocycles. The van der Waals surface area contributed by atoms with Gasteiger partial charge in [0.1, 0.15) is 0 Å². The summed E-state index contributed by atoms with van der Waals surface area (Å²) in [6.45, 7) is 4.63. The molecule has 0 spiro atoms. The van der Waals surface area contributed by atoms with Crippen LogP contribution in [0, 0.1) is 0 Å². The summed E-state index contributed by atoms with van der Waals surface area (Å²) in [5.41, 5.74) is 0. The van der Waals surface area contributed by atoms with E-state index in [2.05, 4.69) is 6.92 Å². The second-order valence-electron chi connectivity index (χ2n) is 4.23. The predicted octanol–water partition coefficient (Wildman–Crippen LogP) is 0.653. The first kappa shape index (κ1) is 21.4. The molecule has 104 valence electrons. The van der Waals surface area contributed by atoms with Gasteiger partial charge in [0.2, 0.25) is 0 Å². The molecule has 0 saturated heterocycles. The van der Waals surface area contributed by atoms with E-state index in [-0.39, 0.29) is 42.8 Å². The number of unbranched alkanes of at least 4 members (excludes halogenated alkanes) is 6.